The van der Waals surface area contributed by atoms with E-state index in [9.17, 15) is 0 Å². The molecule has 1 aliphatic heterocycles. The van der Waals surface area contributed by atoms with Gasteiger partial charge in [-0.2, -0.15) is 5.10 Å². The lowest BCUT2D eigenvalue weighted by Crippen LogP contribution is -2.29. The number of H-pyrrole nitrogens is 2. The number of hydrogen-bond acceptors (Lipinski definition) is 4. The second-order valence-electron chi connectivity index (χ2n) is 8.79. The number of piperidine rings is 1. The van der Waals surface area contributed by atoms with E-state index in [1.807, 2.05) is 32.1 Å². The average Bonchev–Trinajstić information content (AvgIpc) is 3.45. The Morgan fingerprint density at radius 2 is 1.91 bits per heavy atom. The summed E-state index contributed by atoms with van der Waals surface area (Å²) in [5, 5.41) is 7.70. The molecule has 1 fully saturated rings. The first-order valence-electron chi connectivity index (χ1n) is 11.7. The predicted molar refractivity (Wildman–Crippen MR) is 137 cm³/mol. The number of anilines is 1. The van der Waals surface area contributed by atoms with Gasteiger partial charge in [-0.1, -0.05) is 36.4 Å². The highest BCUT2D eigenvalue weighted by molar-refractivity contribution is 5.95. The molecule has 2 N–H and O–H groups in total. The van der Waals surface area contributed by atoms with Crippen LogP contribution in [0.25, 0.3) is 39.2 Å². The number of rotatable bonds is 6. The first-order valence-corrected chi connectivity index (χ1v) is 11.7. The van der Waals surface area contributed by atoms with E-state index < -0.39 is 0 Å². The molecule has 0 atom stereocenters. The van der Waals surface area contributed by atoms with Crippen molar-refractivity contribution < 1.29 is 0 Å². The summed E-state index contributed by atoms with van der Waals surface area (Å²) in [4.78, 5) is 15.9. The number of aromatic amines is 2. The summed E-state index contributed by atoms with van der Waals surface area (Å²) in [6, 6.07) is 10.4. The van der Waals surface area contributed by atoms with Crippen LogP contribution >= 0.6 is 0 Å². The second kappa shape index (κ2) is 9.06. The van der Waals surface area contributed by atoms with Crippen LogP contribution in [0.1, 0.15) is 45.2 Å². The number of benzene rings is 1. The zero-order chi connectivity index (χ0) is 22.8. The van der Waals surface area contributed by atoms with E-state index in [0.29, 0.717) is 0 Å². The van der Waals surface area contributed by atoms with Crippen molar-refractivity contribution in [3.05, 3.63) is 66.4 Å². The predicted octanol–water partition coefficient (Wildman–Crippen LogP) is 6.42. The zero-order valence-electron chi connectivity index (χ0n) is 19.4. The summed E-state index contributed by atoms with van der Waals surface area (Å²) < 4.78 is 0. The van der Waals surface area contributed by atoms with Crippen LogP contribution in [0, 0.1) is 0 Å². The van der Waals surface area contributed by atoms with Crippen LogP contribution in [0.3, 0.4) is 0 Å². The Labute approximate surface area is 194 Å². The first kappa shape index (κ1) is 21.2. The van der Waals surface area contributed by atoms with Gasteiger partial charge in [-0.05, 0) is 69.4 Å². The van der Waals surface area contributed by atoms with Crippen LogP contribution < -0.4 is 4.90 Å². The number of aromatic nitrogens is 5. The molecule has 0 amide bonds. The number of para-hydroxylation sites is 1. The summed E-state index contributed by atoms with van der Waals surface area (Å²) >= 11 is 0. The van der Waals surface area contributed by atoms with Gasteiger partial charge in [-0.3, -0.25) is 5.10 Å². The Kier molecular flexibility index (Phi) is 5.82. The molecule has 0 radical (unpaired) electrons. The van der Waals surface area contributed by atoms with Crippen LogP contribution in [0.15, 0.2) is 60.7 Å². The van der Waals surface area contributed by atoms with Gasteiger partial charge in [0.25, 0.3) is 0 Å². The van der Waals surface area contributed by atoms with Gasteiger partial charge in [0.2, 0.25) is 0 Å². The summed E-state index contributed by atoms with van der Waals surface area (Å²) in [6.07, 6.45) is 10.9. The maximum Gasteiger partial charge on any atom is 0.161 e. The number of nitrogens with zero attached hydrogens (tertiary/aromatic N) is 4. The maximum absolute atomic E-state index is 4.99. The Morgan fingerprint density at radius 3 is 2.70 bits per heavy atom. The van der Waals surface area contributed by atoms with Crippen LogP contribution in [0.4, 0.5) is 5.69 Å². The van der Waals surface area contributed by atoms with Crippen LogP contribution in [0.2, 0.25) is 0 Å². The van der Waals surface area contributed by atoms with Crippen LogP contribution in [-0.2, 0) is 0 Å². The highest BCUT2D eigenvalue weighted by Gasteiger charge is 2.19. The number of nitrogens with one attached hydrogen (secondary N) is 2. The largest absolute Gasteiger partial charge is 0.370 e. The quantitative estimate of drug-likeness (QED) is 0.269. The van der Waals surface area contributed by atoms with E-state index >= 15 is 0 Å². The van der Waals surface area contributed by atoms with Crippen molar-refractivity contribution in [3.8, 4) is 11.5 Å². The van der Waals surface area contributed by atoms with E-state index in [-0.39, 0.29) is 0 Å². The van der Waals surface area contributed by atoms with Gasteiger partial charge in [0, 0.05) is 13.1 Å². The molecular formula is C27H30N6. The topological polar surface area (TPSA) is 73.5 Å². The summed E-state index contributed by atoms with van der Waals surface area (Å²) in [5.74, 6) is 0.740. The fraction of sp³-hybridized carbons (Fsp3) is 0.296. The van der Waals surface area contributed by atoms with Gasteiger partial charge < -0.3 is 9.88 Å². The molecule has 33 heavy (non-hydrogen) atoms. The van der Waals surface area contributed by atoms with Crippen molar-refractivity contribution in [3.63, 3.8) is 0 Å². The monoisotopic (exact) mass is 438 g/mol. The van der Waals surface area contributed by atoms with Crippen molar-refractivity contribution in [2.75, 3.05) is 18.0 Å². The average molecular weight is 439 g/mol. The lowest BCUT2D eigenvalue weighted by Gasteiger charge is -2.28. The van der Waals surface area contributed by atoms with Crippen LogP contribution in [0.5, 0.6) is 0 Å². The van der Waals surface area contributed by atoms with Crippen molar-refractivity contribution in [1.29, 1.82) is 0 Å². The molecule has 0 unspecified atom stereocenters. The van der Waals surface area contributed by atoms with Gasteiger partial charge in [0.1, 0.15) is 11.0 Å². The van der Waals surface area contributed by atoms with Crippen molar-refractivity contribution >= 4 is 33.3 Å². The van der Waals surface area contributed by atoms with E-state index in [2.05, 4.69) is 57.0 Å². The standard InChI is InChI=1S/C27H30N6/c1-4-9-19(13-12-18(2)3)20-14-15-22-25(28-20)26(32-31-22)27-29-21-10-8-11-23(24(21)30-27)33-16-6-5-7-17-33/h4,8-11,13-15H,2,5-7,12,16-17H2,1,3H3,(H,29,30)(H,31,32)/b9-4-,19-13+. The highest BCUT2D eigenvalue weighted by atomic mass is 15.2. The Morgan fingerprint density at radius 1 is 1.06 bits per heavy atom. The molecule has 0 aliphatic carbocycles. The second-order valence-corrected chi connectivity index (χ2v) is 8.79. The van der Waals surface area contributed by atoms with Gasteiger partial charge in [-0.15, -0.1) is 0 Å². The molecule has 4 aromatic rings. The molecule has 0 saturated carbocycles. The third-order valence-corrected chi connectivity index (χ3v) is 6.13. The van der Waals surface area contributed by atoms with Crippen LogP contribution in [-0.4, -0.2) is 38.2 Å². The third kappa shape index (κ3) is 4.21. The SMILES string of the molecule is C=C(C)C/C=C(\C=C/C)c1ccc2[nH]nc(-c3nc4c(N5CCCCC5)cccc4[nH]3)c2n1. The molecule has 3 aromatic heterocycles. The van der Waals surface area contributed by atoms with Crippen molar-refractivity contribution in [2.24, 2.45) is 0 Å². The van der Waals surface area contributed by atoms with E-state index in [4.69, 9.17) is 9.97 Å². The van der Waals surface area contributed by atoms with Gasteiger partial charge in [-0.25, -0.2) is 9.97 Å². The van der Waals surface area contributed by atoms with Gasteiger partial charge in [0.15, 0.2) is 11.5 Å². The Bertz CT molecular complexity index is 1360. The molecule has 5 rings (SSSR count). The number of allylic oxidation sites excluding steroid dienone is 5. The fourth-order valence-corrected chi connectivity index (χ4v) is 4.47. The van der Waals surface area contributed by atoms with Gasteiger partial charge in [0.05, 0.1) is 22.4 Å². The molecule has 168 valence electrons. The maximum atomic E-state index is 4.99. The molecule has 4 heterocycles. The third-order valence-electron chi connectivity index (χ3n) is 6.13. The number of fused-ring (bicyclic) bond motifs is 2. The Hall–Kier alpha value is -3.67. The molecule has 6 nitrogen and oxygen atoms in total. The minimum atomic E-state index is 0.740. The molecule has 6 heteroatoms. The molecule has 1 aromatic carbocycles. The number of imidazole rings is 1. The fourth-order valence-electron chi connectivity index (χ4n) is 4.47. The molecule has 0 bridgehead atoms. The molecule has 1 saturated heterocycles. The lowest BCUT2D eigenvalue weighted by molar-refractivity contribution is 0.579. The summed E-state index contributed by atoms with van der Waals surface area (Å²) in [5.41, 5.74) is 8.78. The summed E-state index contributed by atoms with van der Waals surface area (Å²) in [7, 11) is 0. The Balaban J connectivity index is 1.58. The number of pyridine rings is 1. The minimum Gasteiger partial charge on any atom is -0.370 e. The van der Waals surface area contributed by atoms with E-state index in [0.717, 1.165) is 69.9 Å². The molecular weight excluding hydrogens is 408 g/mol. The molecule has 0 spiro atoms. The van der Waals surface area contributed by atoms with E-state index in [1.54, 1.807) is 0 Å². The first-order chi connectivity index (χ1) is 16.1. The summed E-state index contributed by atoms with van der Waals surface area (Å²) in [6.45, 7) is 10.2. The zero-order valence-corrected chi connectivity index (χ0v) is 19.4. The number of hydrogen-bond donors (Lipinski definition) is 2. The minimum absolute atomic E-state index is 0.740. The highest BCUT2D eigenvalue weighted by Crippen LogP contribution is 2.32. The molecule has 1 aliphatic rings. The van der Waals surface area contributed by atoms with Gasteiger partial charge >= 0.3 is 0 Å². The van der Waals surface area contributed by atoms with Crippen molar-refractivity contribution in [1.82, 2.24) is 25.1 Å². The van der Waals surface area contributed by atoms with E-state index in [1.165, 1.54) is 24.9 Å². The smallest absolute Gasteiger partial charge is 0.161 e. The lowest BCUT2D eigenvalue weighted by atomic mass is 10.1. The van der Waals surface area contributed by atoms with Crippen molar-refractivity contribution in [2.45, 2.75) is 39.5 Å². The normalized spacial score (nSPS) is 15.2.